The number of rotatable bonds is 4. The van der Waals surface area contributed by atoms with Crippen molar-refractivity contribution in [2.24, 2.45) is 0 Å². The van der Waals surface area contributed by atoms with Crippen LogP contribution in [0, 0.1) is 0 Å². The van der Waals surface area contributed by atoms with Crippen LogP contribution in [0.3, 0.4) is 0 Å². The molecule has 1 aromatic carbocycles. The first kappa shape index (κ1) is 12.5. The summed E-state index contributed by atoms with van der Waals surface area (Å²) in [6.07, 6.45) is 2.90. The molecule has 7 heteroatoms. The maximum absolute atomic E-state index is 11.4. The zero-order valence-electron chi connectivity index (χ0n) is 9.61. The van der Waals surface area contributed by atoms with Gasteiger partial charge in [0, 0.05) is 23.4 Å². The van der Waals surface area contributed by atoms with Crippen LogP contribution in [0.15, 0.2) is 47.2 Å². The van der Waals surface area contributed by atoms with Crippen LogP contribution in [0.1, 0.15) is 0 Å². The van der Waals surface area contributed by atoms with Gasteiger partial charge in [-0.1, -0.05) is 6.07 Å². The molecule has 0 unspecified atom stereocenters. The molecule has 0 atom stereocenters. The molecule has 2 N–H and O–H groups in total. The minimum Gasteiger partial charge on any atom is -0.478 e. The van der Waals surface area contributed by atoms with Crippen LogP contribution >= 0.6 is 0 Å². The zero-order chi connectivity index (χ0) is 13.7. The quantitative estimate of drug-likeness (QED) is 0.802. The molecule has 0 radical (unpaired) electrons. The number of anilines is 1. The summed E-state index contributed by atoms with van der Waals surface area (Å²) >= 11 is 0. The number of carboxylic acids is 1. The number of amides is 1. The number of nitrogens with one attached hydrogen (secondary N) is 1. The van der Waals surface area contributed by atoms with E-state index in [4.69, 9.17) is 9.52 Å². The molecule has 2 rings (SSSR count). The lowest BCUT2D eigenvalue weighted by Crippen LogP contribution is -2.08. The first-order chi connectivity index (χ1) is 9.15. The highest BCUT2D eigenvalue weighted by Gasteiger charge is 2.05. The summed E-state index contributed by atoms with van der Waals surface area (Å²) in [4.78, 5) is 21.7. The molecule has 0 aliphatic heterocycles. The zero-order valence-corrected chi connectivity index (χ0v) is 9.61. The fourth-order valence-corrected chi connectivity index (χ4v) is 1.36. The number of carbonyl (C=O) groups is 2. The van der Waals surface area contributed by atoms with Gasteiger partial charge < -0.3 is 14.8 Å². The first-order valence-corrected chi connectivity index (χ1v) is 5.24. The summed E-state index contributed by atoms with van der Waals surface area (Å²) in [6.45, 7) is 0. The smallest absolute Gasteiger partial charge is 0.328 e. The van der Waals surface area contributed by atoms with Gasteiger partial charge in [0.15, 0.2) is 0 Å². The summed E-state index contributed by atoms with van der Waals surface area (Å²) in [6, 6.07) is 6.75. The van der Waals surface area contributed by atoms with E-state index in [1.165, 1.54) is 6.39 Å². The van der Waals surface area contributed by atoms with E-state index in [-0.39, 0.29) is 0 Å². The van der Waals surface area contributed by atoms with E-state index in [0.717, 1.165) is 12.2 Å². The van der Waals surface area contributed by atoms with Crippen molar-refractivity contribution in [1.82, 2.24) is 10.2 Å². The van der Waals surface area contributed by atoms with Crippen LogP contribution in [0.4, 0.5) is 5.69 Å². The third-order valence-corrected chi connectivity index (χ3v) is 2.11. The van der Waals surface area contributed by atoms with Gasteiger partial charge in [-0.3, -0.25) is 4.79 Å². The number of benzene rings is 1. The van der Waals surface area contributed by atoms with E-state index in [9.17, 15) is 9.59 Å². The Balaban J connectivity index is 2.12. The molecule has 1 amide bonds. The van der Waals surface area contributed by atoms with Crippen LogP contribution in [0.25, 0.3) is 11.5 Å². The highest BCUT2D eigenvalue weighted by atomic mass is 16.4. The van der Waals surface area contributed by atoms with Crippen molar-refractivity contribution in [3.63, 3.8) is 0 Å². The molecule has 7 nitrogen and oxygen atoms in total. The Bertz CT molecular complexity index is 620. The summed E-state index contributed by atoms with van der Waals surface area (Å²) < 4.78 is 5.03. The summed E-state index contributed by atoms with van der Waals surface area (Å²) in [5.41, 5.74) is 1.15. The molecule has 0 saturated heterocycles. The molecule has 1 heterocycles. The SMILES string of the molecule is O=C(O)/C=C/C(=O)Nc1cccc(-c2nnco2)c1. The fraction of sp³-hybridized carbons (Fsp3) is 0. The summed E-state index contributed by atoms with van der Waals surface area (Å²) in [7, 11) is 0. The van der Waals surface area contributed by atoms with Crippen LogP contribution in [-0.2, 0) is 9.59 Å². The number of hydrogen-bond acceptors (Lipinski definition) is 5. The monoisotopic (exact) mass is 259 g/mol. The van der Waals surface area contributed by atoms with E-state index < -0.39 is 11.9 Å². The number of hydrogen-bond donors (Lipinski definition) is 2. The molecule has 0 saturated carbocycles. The normalized spacial score (nSPS) is 10.5. The highest BCUT2D eigenvalue weighted by molar-refractivity contribution is 6.02. The molecule has 96 valence electrons. The third-order valence-electron chi connectivity index (χ3n) is 2.11. The van der Waals surface area contributed by atoms with Gasteiger partial charge in [0.2, 0.25) is 18.2 Å². The van der Waals surface area contributed by atoms with Gasteiger partial charge in [0.1, 0.15) is 0 Å². The Labute approximate surface area is 107 Å². The molecular weight excluding hydrogens is 250 g/mol. The minimum absolute atomic E-state index is 0.331. The largest absolute Gasteiger partial charge is 0.478 e. The van der Waals surface area contributed by atoms with Gasteiger partial charge in [-0.15, -0.1) is 10.2 Å². The second kappa shape index (κ2) is 5.58. The topological polar surface area (TPSA) is 105 Å². The lowest BCUT2D eigenvalue weighted by Gasteiger charge is -2.03. The van der Waals surface area contributed by atoms with Crippen molar-refractivity contribution in [3.8, 4) is 11.5 Å². The van der Waals surface area contributed by atoms with Crippen molar-refractivity contribution in [2.45, 2.75) is 0 Å². The van der Waals surface area contributed by atoms with Crippen LogP contribution < -0.4 is 5.32 Å². The molecule has 0 fully saturated rings. The van der Waals surface area contributed by atoms with Crippen LogP contribution in [-0.4, -0.2) is 27.2 Å². The minimum atomic E-state index is -1.19. The average Bonchev–Trinajstić information content (AvgIpc) is 2.90. The van der Waals surface area contributed by atoms with E-state index in [2.05, 4.69) is 15.5 Å². The third kappa shape index (κ3) is 3.50. The summed E-state index contributed by atoms with van der Waals surface area (Å²) in [5, 5.41) is 18.2. The molecule has 0 bridgehead atoms. The van der Waals surface area contributed by atoms with Gasteiger partial charge in [0.25, 0.3) is 0 Å². The Morgan fingerprint density at radius 3 is 2.84 bits per heavy atom. The maximum Gasteiger partial charge on any atom is 0.328 e. The number of carboxylic acid groups (broad SMARTS) is 1. The van der Waals surface area contributed by atoms with E-state index in [1.807, 2.05) is 0 Å². The molecule has 2 aromatic rings. The molecule has 1 aromatic heterocycles. The van der Waals surface area contributed by atoms with E-state index >= 15 is 0 Å². The van der Waals surface area contributed by atoms with E-state index in [0.29, 0.717) is 17.1 Å². The number of nitrogens with zero attached hydrogens (tertiary/aromatic N) is 2. The van der Waals surface area contributed by atoms with Gasteiger partial charge >= 0.3 is 5.97 Å². The predicted molar refractivity (Wildman–Crippen MR) is 65.1 cm³/mol. The first-order valence-electron chi connectivity index (χ1n) is 5.24. The lowest BCUT2D eigenvalue weighted by atomic mass is 10.2. The molecular formula is C12H9N3O4. The predicted octanol–water partition coefficient (Wildman–Crippen LogP) is 1.32. The lowest BCUT2D eigenvalue weighted by molar-refractivity contribution is -0.131. The number of aliphatic carboxylic acids is 1. The standard InChI is InChI=1S/C12H9N3O4/c16-10(4-5-11(17)18)14-9-3-1-2-8(6-9)12-15-13-7-19-12/h1-7H,(H,14,16)(H,17,18)/b5-4+. The Hall–Kier alpha value is -2.96. The van der Waals surface area contributed by atoms with Gasteiger partial charge in [0.05, 0.1) is 0 Å². The number of aromatic nitrogens is 2. The Kier molecular flexibility index (Phi) is 3.67. The molecule has 0 aliphatic rings. The van der Waals surface area contributed by atoms with Crippen molar-refractivity contribution >= 4 is 17.6 Å². The Morgan fingerprint density at radius 2 is 2.16 bits per heavy atom. The average molecular weight is 259 g/mol. The fourth-order valence-electron chi connectivity index (χ4n) is 1.36. The van der Waals surface area contributed by atoms with Gasteiger partial charge in [-0.25, -0.2) is 4.79 Å². The summed E-state index contributed by atoms with van der Waals surface area (Å²) in [5.74, 6) is -1.39. The molecule has 0 spiro atoms. The maximum atomic E-state index is 11.4. The highest BCUT2D eigenvalue weighted by Crippen LogP contribution is 2.20. The molecule has 19 heavy (non-hydrogen) atoms. The van der Waals surface area contributed by atoms with Crippen molar-refractivity contribution in [1.29, 1.82) is 0 Å². The van der Waals surface area contributed by atoms with E-state index in [1.54, 1.807) is 24.3 Å². The van der Waals surface area contributed by atoms with Gasteiger partial charge in [-0.2, -0.15) is 0 Å². The van der Waals surface area contributed by atoms with Crippen molar-refractivity contribution in [3.05, 3.63) is 42.8 Å². The molecule has 0 aliphatic carbocycles. The van der Waals surface area contributed by atoms with Crippen LogP contribution in [0.5, 0.6) is 0 Å². The van der Waals surface area contributed by atoms with Crippen molar-refractivity contribution < 1.29 is 19.1 Å². The Morgan fingerprint density at radius 1 is 1.32 bits per heavy atom. The second-order valence-corrected chi connectivity index (χ2v) is 3.49. The number of carbonyl (C=O) groups excluding carboxylic acids is 1. The van der Waals surface area contributed by atoms with Crippen molar-refractivity contribution in [2.75, 3.05) is 5.32 Å². The second-order valence-electron chi connectivity index (χ2n) is 3.49. The van der Waals surface area contributed by atoms with Crippen LogP contribution in [0.2, 0.25) is 0 Å². The van der Waals surface area contributed by atoms with Gasteiger partial charge in [-0.05, 0) is 18.2 Å².